The van der Waals surface area contributed by atoms with E-state index in [4.69, 9.17) is 14.2 Å². The monoisotopic (exact) mass is 442 g/mol. The third-order valence-corrected chi connectivity index (χ3v) is 5.43. The summed E-state index contributed by atoms with van der Waals surface area (Å²) in [6.45, 7) is 0.166. The lowest BCUT2D eigenvalue weighted by atomic mass is 10.1. The highest BCUT2D eigenvalue weighted by atomic mass is 32.2. The lowest BCUT2D eigenvalue weighted by molar-refractivity contribution is -0.122. The Labute approximate surface area is 184 Å². The van der Waals surface area contributed by atoms with Crippen molar-refractivity contribution < 1.29 is 28.6 Å². The van der Waals surface area contributed by atoms with E-state index in [0.29, 0.717) is 27.7 Å². The summed E-state index contributed by atoms with van der Waals surface area (Å²) in [5.74, 6) is 0.310. The number of carbonyl (C=O) groups excluding carboxylic acids is 3. The van der Waals surface area contributed by atoms with Gasteiger partial charge in [0, 0.05) is 18.7 Å². The summed E-state index contributed by atoms with van der Waals surface area (Å²) in [6.07, 6.45) is 1.68. The van der Waals surface area contributed by atoms with Crippen LogP contribution in [0.4, 0.5) is 4.79 Å². The molecule has 1 aliphatic heterocycles. The summed E-state index contributed by atoms with van der Waals surface area (Å²) in [4.78, 5) is 38.8. The fourth-order valence-corrected chi connectivity index (χ4v) is 3.85. The van der Waals surface area contributed by atoms with Gasteiger partial charge in [0.1, 0.15) is 0 Å². The Kier molecular flexibility index (Phi) is 7.19. The van der Waals surface area contributed by atoms with Gasteiger partial charge in [-0.1, -0.05) is 30.3 Å². The Bertz CT molecular complexity index is 997. The number of ether oxygens (including phenoxy) is 3. The number of amides is 3. The van der Waals surface area contributed by atoms with Crippen LogP contribution in [0.5, 0.6) is 17.2 Å². The Morgan fingerprint density at radius 2 is 1.68 bits per heavy atom. The smallest absolute Gasteiger partial charge is 0.293 e. The van der Waals surface area contributed by atoms with E-state index in [2.05, 4.69) is 5.32 Å². The van der Waals surface area contributed by atoms with Crippen LogP contribution >= 0.6 is 11.8 Å². The van der Waals surface area contributed by atoms with Crippen LogP contribution in [0, 0.1) is 0 Å². The molecule has 9 heteroatoms. The van der Waals surface area contributed by atoms with Crippen molar-refractivity contribution in [3.05, 3.63) is 58.5 Å². The molecule has 3 amide bonds. The highest BCUT2D eigenvalue weighted by molar-refractivity contribution is 8.18. The van der Waals surface area contributed by atoms with Gasteiger partial charge in [0.15, 0.2) is 11.5 Å². The van der Waals surface area contributed by atoms with Crippen molar-refractivity contribution in [2.24, 2.45) is 0 Å². The molecule has 0 radical (unpaired) electrons. The predicted octanol–water partition coefficient (Wildman–Crippen LogP) is 3.18. The first-order chi connectivity index (χ1) is 15.0. The molecule has 0 unspecified atom stereocenters. The van der Waals surface area contributed by atoms with Gasteiger partial charge in [0.2, 0.25) is 5.75 Å². The number of rotatable bonds is 8. The fraction of sp³-hybridized carbons (Fsp3) is 0.227. The first-order valence-corrected chi connectivity index (χ1v) is 10.2. The molecule has 0 saturated carbocycles. The quantitative estimate of drug-likeness (QED) is 0.628. The zero-order chi connectivity index (χ0) is 22.4. The topological polar surface area (TPSA) is 94.2 Å². The second-order valence-electron chi connectivity index (χ2n) is 6.41. The summed E-state index contributed by atoms with van der Waals surface area (Å²) in [5.41, 5.74) is 1.14. The molecule has 162 valence electrons. The summed E-state index contributed by atoms with van der Waals surface area (Å²) >= 11 is 0.885. The van der Waals surface area contributed by atoms with Crippen LogP contribution in [0.15, 0.2) is 47.4 Å². The molecule has 1 heterocycles. The van der Waals surface area contributed by atoms with Gasteiger partial charge in [-0.2, -0.15) is 0 Å². The molecule has 1 saturated heterocycles. The number of hydrogen-bond acceptors (Lipinski definition) is 7. The molecule has 3 rings (SSSR count). The van der Waals surface area contributed by atoms with Gasteiger partial charge < -0.3 is 19.5 Å². The first-order valence-electron chi connectivity index (χ1n) is 9.37. The second kappa shape index (κ2) is 10.0. The second-order valence-corrected chi connectivity index (χ2v) is 7.41. The van der Waals surface area contributed by atoms with Crippen LogP contribution < -0.4 is 19.5 Å². The van der Waals surface area contributed by atoms with Crippen molar-refractivity contribution in [3.8, 4) is 17.2 Å². The number of thioether (sulfide) groups is 1. The van der Waals surface area contributed by atoms with Crippen molar-refractivity contribution in [3.63, 3.8) is 0 Å². The van der Waals surface area contributed by atoms with E-state index in [-0.39, 0.29) is 24.2 Å². The molecule has 2 aromatic rings. The first kappa shape index (κ1) is 22.2. The van der Waals surface area contributed by atoms with Crippen molar-refractivity contribution in [1.29, 1.82) is 0 Å². The van der Waals surface area contributed by atoms with E-state index in [1.54, 1.807) is 6.08 Å². The maximum absolute atomic E-state index is 12.6. The van der Waals surface area contributed by atoms with Gasteiger partial charge >= 0.3 is 0 Å². The van der Waals surface area contributed by atoms with Crippen molar-refractivity contribution in [1.82, 2.24) is 10.2 Å². The number of benzene rings is 2. The lowest BCUT2D eigenvalue weighted by Crippen LogP contribution is -2.37. The normalized spacial score (nSPS) is 14.7. The van der Waals surface area contributed by atoms with E-state index in [9.17, 15) is 14.4 Å². The minimum absolute atomic E-state index is 0.0625. The van der Waals surface area contributed by atoms with Gasteiger partial charge in [-0.05, 0) is 35.5 Å². The minimum atomic E-state index is -0.397. The summed E-state index contributed by atoms with van der Waals surface area (Å²) < 4.78 is 15.8. The average Bonchev–Trinajstić information content (AvgIpc) is 3.05. The van der Waals surface area contributed by atoms with Crippen LogP contribution in [-0.2, 0) is 4.79 Å². The van der Waals surface area contributed by atoms with E-state index in [1.807, 2.05) is 30.3 Å². The Hall–Kier alpha value is -3.46. The molecule has 31 heavy (non-hydrogen) atoms. The van der Waals surface area contributed by atoms with Crippen LogP contribution in [0.2, 0.25) is 0 Å². The van der Waals surface area contributed by atoms with E-state index < -0.39 is 5.91 Å². The number of hydrogen-bond donors (Lipinski definition) is 1. The Morgan fingerprint density at radius 1 is 1.03 bits per heavy atom. The van der Waals surface area contributed by atoms with E-state index in [0.717, 1.165) is 22.2 Å². The molecule has 0 aromatic heterocycles. The van der Waals surface area contributed by atoms with Gasteiger partial charge in [-0.25, -0.2) is 0 Å². The molecule has 0 aliphatic carbocycles. The van der Waals surface area contributed by atoms with Crippen LogP contribution in [-0.4, -0.2) is 56.4 Å². The van der Waals surface area contributed by atoms with E-state index >= 15 is 0 Å². The zero-order valence-electron chi connectivity index (χ0n) is 17.3. The summed E-state index contributed by atoms with van der Waals surface area (Å²) in [6, 6.07) is 12.3. The van der Waals surface area contributed by atoms with Gasteiger partial charge in [0.25, 0.3) is 17.1 Å². The third-order valence-electron chi connectivity index (χ3n) is 4.52. The average molecular weight is 442 g/mol. The molecular weight excluding hydrogens is 420 g/mol. The maximum atomic E-state index is 12.6. The minimum Gasteiger partial charge on any atom is -0.493 e. The molecule has 1 N–H and O–H groups in total. The molecular formula is C22H22N2O6S. The maximum Gasteiger partial charge on any atom is 0.293 e. The lowest BCUT2D eigenvalue weighted by Gasteiger charge is -2.15. The molecule has 0 bridgehead atoms. The Morgan fingerprint density at radius 3 is 2.26 bits per heavy atom. The van der Waals surface area contributed by atoms with Crippen molar-refractivity contribution in [2.45, 2.75) is 0 Å². The summed E-state index contributed by atoms with van der Waals surface area (Å²) in [5, 5.41) is 2.34. The van der Waals surface area contributed by atoms with Crippen LogP contribution in [0.1, 0.15) is 15.9 Å². The van der Waals surface area contributed by atoms with E-state index in [1.165, 1.54) is 33.5 Å². The fourth-order valence-electron chi connectivity index (χ4n) is 2.99. The molecule has 1 fully saturated rings. The highest BCUT2D eigenvalue weighted by Gasteiger charge is 2.34. The molecule has 1 aliphatic rings. The number of carbonyl (C=O) groups is 3. The van der Waals surface area contributed by atoms with Gasteiger partial charge in [-0.15, -0.1) is 0 Å². The molecule has 8 nitrogen and oxygen atoms in total. The zero-order valence-corrected chi connectivity index (χ0v) is 18.2. The van der Waals surface area contributed by atoms with Crippen molar-refractivity contribution in [2.75, 3.05) is 34.4 Å². The number of nitrogens with zero attached hydrogens (tertiary/aromatic N) is 1. The third kappa shape index (κ3) is 5.00. The standard InChI is InChI=1S/C22H22N2O6S/c1-28-16-12-15(13-17(29-2)19(16)30-3)20(25)23-9-10-24-21(26)18(31-22(24)27)11-14-7-5-4-6-8-14/h4-8,11-13H,9-10H2,1-3H3,(H,23,25). The molecule has 0 spiro atoms. The van der Waals surface area contributed by atoms with Crippen LogP contribution in [0.25, 0.3) is 6.08 Å². The van der Waals surface area contributed by atoms with Gasteiger partial charge in [0.05, 0.1) is 26.2 Å². The van der Waals surface area contributed by atoms with Crippen LogP contribution in [0.3, 0.4) is 0 Å². The van der Waals surface area contributed by atoms with Crippen molar-refractivity contribution >= 4 is 34.9 Å². The number of nitrogens with one attached hydrogen (secondary N) is 1. The highest BCUT2D eigenvalue weighted by Crippen LogP contribution is 2.38. The number of methoxy groups -OCH3 is 3. The summed E-state index contributed by atoms with van der Waals surface area (Å²) in [7, 11) is 4.40. The SMILES string of the molecule is COc1cc(C(=O)NCCN2C(=O)SC(=Cc3ccccc3)C2=O)cc(OC)c1OC. The number of imide groups is 1. The van der Waals surface area contributed by atoms with Gasteiger partial charge in [-0.3, -0.25) is 19.3 Å². The molecule has 0 atom stereocenters. The largest absolute Gasteiger partial charge is 0.493 e. The molecule has 2 aromatic carbocycles. The predicted molar refractivity (Wildman–Crippen MR) is 118 cm³/mol. The Balaban J connectivity index is 1.64.